The first-order chi connectivity index (χ1) is 11.6. The molecule has 1 fully saturated rings. The van der Waals surface area contributed by atoms with Crippen LogP contribution in [0.4, 0.5) is 8.78 Å². The van der Waals surface area contributed by atoms with Crippen molar-refractivity contribution >= 4 is 5.91 Å². The third-order valence-electron chi connectivity index (χ3n) is 4.53. The highest BCUT2D eigenvalue weighted by atomic mass is 19.1. The molecule has 0 spiro atoms. The first-order valence-electron chi connectivity index (χ1n) is 8.11. The van der Waals surface area contributed by atoms with Crippen LogP contribution in [-0.4, -0.2) is 22.6 Å². The Morgan fingerprint density at radius 3 is 2.58 bits per heavy atom. The van der Waals surface area contributed by atoms with E-state index in [2.05, 4.69) is 15.5 Å². The lowest BCUT2D eigenvalue weighted by Gasteiger charge is -2.40. The molecule has 128 valence electrons. The molecule has 1 aromatic heterocycles. The molecule has 1 saturated carbocycles. The van der Waals surface area contributed by atoms with Gasteiger partial charge < -0.3 is 9.84 Å². The number of hydrogen-bond acceptors (Lipinski definition) is 4. The van der Waals surface area contributed by atoms with Gasteiger partial charge in [0.05, 0.1) is 5.41 Å². The number of carbonyl (C=O) groups is 1. The standard InChI is InChI=1S/C17H19F2N3O2/c1-2-14-21-13(22-24-14)7-10-20-16(23)17(8-4-9-17)15-11(18)5-3-6-12(15)19/h3,5-6H,2,4,7-10H2,1H3,(H,20,23). The van der Waals surface area contributed by atoms with Crippen LogP contribution in [0.2, 0.25) is 0 Å². The lowest BCUT2D eigenvalue weighted by molar-refractivity contribution is -0.130. The smallest absolute Gasteiger partial charge is 0.230 e. The minimum absolute atomic E-state index is 0.124. The summed E-state index contributed by atoms with van der Waals surface area (Å²) in [4.78, 5) is 16.8. The van der Waals surface area contributed by atoms with Crippen molar-refractivity contribution in [2.75, 3.05) is 6.54 Å². The summed E-state index contributed by atoms with van der Waals surface area (Å²) in [6, 6.07) is 3.69. The molecule has 1 heterocycles. The molecule has 0 atom stereocenters. The minimum Gasteiger partial charge on any atom is -0.355 e. The maximum absolute atomic E-state index is 14.1. The Bertz CT molecular complexity index is 721. The summed E-state index contributed by atoms with van der Waals surface area (Å²) in [7, 11) is 0. The molecule has 7 heteroatoms. The average molecular weight is 335 g/mol. The molecule has 1 amide bonds. The molecule has 5 nitrogen and oxygen atoms in total. The van der Waals surface area contributed by atoms with Crippen LogP contribution in [0.15, 0.2) is 22.7 Å². The van der Waals surface area contributed by atoms with Gasteiger partial charge in [0, 0.05) is 24.9 Å². The Hall–Kier alpha value is -2.31. The van der Waals surface area contributed by atoms with Gasteiger partial charge in [-0.05, 0) is 25.0 Å². The van der Waals surface area contributed by atoms with Gasteiger partial charge in [-0.15, -0.1) is 0 Å². The average Bonchev–Trinajstić information content (AvgIpc) is 2.97. The number of aromatic nitrogens is 2. The molecule has 2 aromatic rings. The van der Waals surface area contributed by atoms with E-state index >= 15 is 0 Å². The predicted molar refractivity (Wildman–Crippen MR) is 82.3 cm³/mol. The van der Waals surface area contributed by atoms with E-state index in [9.17, 15) is 13.6 Å². The van der Waals surface area contributed by atoms with Crippen molar-refractivity contribution in [1.29, 1.82) is 0 Å². The van der Waals surface area contributed by atoms with E-state index < -0.39 is 17.0 Å². The largest absolute Gasteiger partial charge is 0.355 e. The molecule has 24 heavy (non-hydrogen) atoms. The van der Waals surface area contributed by atoms with Crippen LogP contribution in [-0.2, 0) is 23.1 Å². The Balaban J connectivity index is 1.68. The number of amides is 1. The topological polar surface area (TPSA) is 68.0 Å². The molecule has 0 aliphatic heterocycles. The molecule has 1 N–H and O–H groups in total. The number of hydrogen-bond donors (Lipinski definition) is 1. The second-order valence-electron chi connectivity index (χ2n) is 6.00. The van der Waals surface area contributed by atoms with Crippen molar-refractivity contribution in [3.05, 3.63) is 47.1 Å². The fourth-order valence-corrected chi connectivity index (χ4v) is 3.07. The highest BCUT2D eigenvalue weighted by Gasteiger charge is 2.48. The van der Waals surface area contributed by atoms with E-state index in [0.29, 0.717) is 43.9 Å². The Morgan fingerprint density at radius 1 is 1.33 bits per heavy atom. The molecule has 1 aliphatic carbocycles. The van der Waals surface area contributed by atoms with Crippen LogP contribution in [0, 0.1) is 11.6 Å². The van der Waals surface area contributed by atoms with Gasteiger partial charge in [0.15, 0.2) is 5.82 Å². The zero-order valence-electron chi connectivity index (χ0n) is 13.4. The summed E-state index contributed by atoms with van der Waals surface area (Å²) in [6.07, 6.45) is 2.71. The molecular formula is C17H19F2N3O2. The number of nitrogens with one attached hydrogen (secondary N) is 1. The first-order valence-corrected chi connectivity index (χ1v) is 8.11. The fourth-order valence-electron chi connectivity index (χ4n) is 3.07. The molecule has 0 saturated heterocycles. The SMILES string of the molecule is CCc1nc(CCNC(=O)C2(c3c(F)cccc3F)CCC2)no1. The van der Waals surface area contributed by atoms with Gasteiger partial charge in [-0.3, -0.25) is 4.79 Å². The molecule has 1 aliphatic rings. The first kappa shape index (κ1) is 16.5. The summed E-state index contributed by atoms with van der Waals surface area (Å²) < 4.78 is 33.2. The van der Waals surface area contributed by atoms with Crippen LogP contribution in [0.1, 0.15) is 43.5 Å². The molecule has 0 radical (unpaired) electrons. The summed E-state index contributed by atoms with van der Waals surface area (Å²) in [5.74, 6) is -0.643. The molecule has 0 bridgehead atoms. The maximum atomic E-state index is 14.1. The van der Waals surface area contributed by atoms with Crippen molar-refractivity contribution < 1.29 is 18.1 Å². The Labute approximate surface area is 138 Å². The lowest BCUT2D eigenvalue weighted by atomic mass is 9.63. The maximum Gasteiger partial charge on any atom is 0.230 e. The van der Waals surface area contributed by atoms with E-state index in [-0.39, 0.29) is 11.5 Å². The van der Waals surface area contributed by atoms with E-state index in [0.717, 1.165) is 6.42 Å². The minimum atomic E-state index is -1.11. The molecule has 3 rings (SSSR count). The van der Waals surface area contributed by atoms with E-state index in [1.807, 2.05) is 6.92 Å². The molecular weight excluding hydrogens is 316 g/mol. The Kier molecular flexibility index (Phi) is 4.59. The van der Waals surface area contributed by atoms with Crippen molar-refractivity contribution in [3.8, 4) is 0 Å². The van der Waals surface area contributed by atoms with Gasteiger partial charge in [-0.1, -0.05) is 24.6 Å². The number of halogens is 2. The monoisotopic (exact) mass is 335 g/mol. The predicted octanol–water partition coefficient (Wildman–Crippen LogP) is 2.69. The van der Waals surface area contributed by atoms with Crippen molar-refractivity contribution in [2.45, 2.75) is 44.4 Å². The van der Waals surface area contributed by atoms with Crippen molar-refractivity contribution in [1.82, 2.24) is 15.5 Å². The molecule has 1 aromatic carbocycles. The summed E-state index contributed by atoms with van der Waals surface area (Å²) in [5.41, 5.74) is -1.23. The van der Waals surface area contributed by atoms with Crippen LogP contribution < -0.4 is 5.32 Å². The van der Waals surface area contributed by atoms with Crippen LogP contribution in [0.5, 0.6) is 0 Å². The summed E-state index contributed by atoms with van der Waals surface area (Å²) in [6.45, 7) is 2.20. The van der Waals surface area contributed by atoms with Crippen LogP contribution in [0.25, 0.3) is 0 Å². The molecule has 0 unspecified atom stereocenters. The number of rotatable bonds is 6. The van der Waals surface area contributed by atoms with Gasteiger partial charge in [0.2, 0.25) is 11.8 Å². The summed E-state index contributed by atoms with van der Waals surface area (Å²) >= 11 is 0. The third-order valence-corrected chi connectivity index (χ3v) is 4.53. The number of nitrogens with zero attached hydrogens (tertiary/aromatic N) is 2. The Morgan fingerprint density at radius 2 is 2.04 bits per heavy atom. The van der Waals surface area contributed by atoms with Crippen LogP contribution in [0.3, 0.4) is 0 Å². The second kappa shape index (κ2) is 6.67. The quantitative estimate of drug-likeness (QED) is 0.881. The number of carbonyl (C=O) groups excluding carboxylic acids is 1. The van der Waals surface area contributed by atoms with Gasteiger partial charge in [-0.2, -0.15) is 4.98 Å². The van der Waals surface area contributed by atoms with Gasteiger partial charge in [0.1, 0.15) is 11.6 Å². The fraction of sp³-hybridized carbons (Fsp3) is 0.471. The number of benzene rings is 1. The highest BCUT2D eigenvalue weighted by Crippen LogP contribution is 2.45. The van der Waals surface area contributed by atoms with E-state index in [1.165, 1.54) is 18.2 Å². The highest BCUT2D eigenvalue weighted by molar-refractivity contribution is 5.89. The van der Waals surface area contributed by atoms with Crippen molar-refractivity contribution in [3.63, 3.8) is 0 Å². The summed E-state index contributed by atoms with van der Waals surface area (Å²) in [5, 5.41) is 6.57. The number of aryl methyl sites for hydroxylation is 1. The zero-order valence-corrected chi connectivity index (χ0v) is 13.4. The lowest BCUT2D eigenvalue weighted by Crippen LogP contribution is -2.50. The van der Waals surface area contributed by atoms with E-state index in [1.54, 1.807) is 0 Å². The van der Waals surface area contributed by atoms with Crippen molar-refractivity contribution in [2.24, 2.45) is 0 Å². The van der Waals surface area contributed by atoms with Gasteiger partial charge in [0.25, 0.3) is 0 Å². The van der Waals surface area contributed by atoms with Gasteiger partial charge in [-0.25, -0.2) is 8.78 Å². The van der Waals surface area contributed by atoms with Crippen LogP contribution >= 0.6 is 0 Å². The zero-order chi connectivity index (χ0) is 17.2. The van der Waals surface area contributed by atoms with Gasteiger partial charge >= 0.3 is 0 Å². The second-order valence-corrected chi connectivity index (χ2v) is 6.00. The van der Waals surface area contributed by atoms with E-state index in [4.69, 9.17) is 4.52 Å². The normalized spacial score (nSPS) is 15.8. The third kappa shape index (κ3) is 2.90.